The summed E-state index contributed by atoms with van der Waals surface area (Å²) < 4.78 is 4.51. The highest BCUT2D eigenvalue weighted by Crippen LogP contribution is 2.18. The highest BCUT2D eigenvalue weighted by molar-refractivity contribution is 5.60. The van der Waals surface area contributed by atoms with Gasteiger partial charge in [0, 0.05) is 35.7 Å². The van der Waals surface area contributed by atoms with Crippen molar-refractivity contribution in [3.05, 3.63) is 97.1 Å². The monoisotopic (exact) mass is 328 g/mol. The number of nitrogens with zero attached hydrogens (tertiary/aromatic N) is 2. The minimum atomic E-state index is 0.699. The zero-order chi connectivity index (χ0) is 16.9. The van der Waals surface area contributed by atoms with Crippen LogP contribution in [0, 0.1) is 5.92 Å². The second-order valence-electron chi connectivity index (χ2n) is 6.79. The number of rotatable bonds is 5. The van der Waals surface area contributed by atoms with Crippen molar-refractivity contribution in [3.8, 4) is 11.1 Å². The van der Waals surface area contributed by atoms with E-state index in [1.807, 2.05) is 0 Å². The van der Waals surface area contributed by atoms with Gasteiger partial charge in [0.05, 0.1) is 0 Å². The van der Waals surface area contributed by atoms with E-state index in [0.29, 0.717) is 5.92 Å². The molecule has 2 heteroatoms. The molecular weight excluding hydrogens is 304 g/mol. The van der Waals surface area contributed by atoms with Gasteiger partial charge in [0.25, 0.3) is 0 Å². The highest BCUT2D eigenvalue weighted by atomic mass is 14.9. The van der Waals surface area contributed by atoms with Gasteiger partial charge in [0.1, 0.15) is 0 Å². The SMILES string of the molecule is C1=C[C@@H](C[n+]2ccc(-c3cc[n+](Cc4ccccc4)cc3)cc2)CC1. The van der Waals surface area contributed by atoms with Gasteiger partial charge >= 0.3 is 0 Å². The van der Waals surface area contributed by atoms with E-state index in [1.165, 1.54) is 29.5 Å². The fourth-order valence-corrected chi connectivity index (χ4v) is 3.44. The lowest BCUT2D eigenvalue weighted by Gasteiger charge is -2.04. The molecule has 3 aromatic rings. The summed E-state index contributed by atoms with van der Waals surface area (Å²) in [6.07, 6.45) is 15.9. The molecule has 0 aliphatic heterocycles. The van der Waals surface area contributed by atoms with Gasteiger partial charge in [0.15, 0.2) is 37.9 Å². The first-order valence-electron chi connectivity index (χ1n) is 9.06. The first-order chi connectivity index (χ1) is 12.4. The molecule has 1 atom stereocenters. The number of hydrogen-bond donors (Lipinski definition) is 0. The smallest absolute Gasteiger partial charge is 0.173 e. The van der Waals surface area contributed by atoms with Gasteiger partial charge in [-0.1, -0.05) is 42.5 Å². The summed E-state index contributed by atoms with van der Waals surface area (Å²) in [6.45, 7) is 1.99. The molecule has 2 aromatic heterocycles. The third kappa shape index (κ3) is 4.03. The number of hydrogen-bond acceptors (Lipinski definition) is 0. The van der Waals surface area contributed by atoms with Crippen molar-refractivity contribution in [2.24, 2.45) is 5.92 Å². The second kappa shape index (κ2) is 7.43. The Balaban J connectivity index is 1.43. The van der Waals surface area contributed by atoms with Crippen molar-refractivity contribution < 1.29 is 9.13 Å². The van der Waals surface area contributed by atoms with E-state index in [2.05, 4.69) is 101 Å². The van der Waals surface area contributed by atoms with Crippen molar-refractivity contribution in [1.29, 1.82) is 0 Å². The summed E-state index contributed by atoms with van der Waals surface area (Å²) in [5, 5.41) is 0. The van der Waals surface area contributed by atoms with Crippen LogP contribution in [0.3, 0.4) is 0 Å². The van der Waals surface area contributed by atoms with Crippen LogP contribution in [0.5, 0.6) is 0 Å². The van der Waals surface area contributed by atoms with E-state index in [0.717, 1.165) is 13.1 Å². The number of benzene rings is 1. The summed E-state index contributed by atoms with van der Waals surface area (Å²) in [5.74, 6) is 0.699. The van der Waals surface area contributed by atoms with Gasteiger partial charge in [-0.3, -0.25) is 0 Å². The van der Waals surface area contributed by atoms with Crippen LogP contribution in [0.1, 0.15) is 18.4 Å². The highest BCUT2D eigenvalue weighted by Gasteiger charge is 2.14. The quantitative estimate of drug-likeness (QED) is 0.495. The molecule has 0 saturated carbocycles. The Morgan fingerprint density at radius 1 is 0.760 bits per heavy atom. The van der Waals surface area contributed by atoms with E-state index in [-0.39, 0.29) is 0 Å². The minimum absolute atomic E-state index is 0.699. The van der Waals surface area contributed by atoms with Crippen molar-refractivity contribution >= 4 is 0 Å². The molecule has 4 rings (SSSR count). The third-order valence-corrected chi connectivity index (χ3v) is 4.88. The molecule has 1 aliphatic carbocycles. The van der Waals surface area contributed by atoms with Crippen LogP contribution < -0.4 is 9.13 Å². The minimum Gasteiger partial charge on any atom is -0.204 e. The maximum absolute atomic E-state index is 2.35. The molecule has 25 heavy (non-hydrogen) atoms. The molecule has 1 aliphatic rings. The maximum atomic E-state index is 2.35. The van der Waals surface area contributed by atoms with Crippen LogP contribution in [0.2, 0.25) is 0 Å². The summed E-state index contributed by atoms with van der Waals surface area (Å²) in [5.41, 5.74) is 3.85. The Morgan fingerprint density at radius 3 is 2.00 bits per heavy atom. The Labute approximate surface area is 149 Å². The molecule has 0 radical (unpaired) electrons. The van der Waals surface area contributed by atoms with Gasteiger partial charge in [-0.05, 0) is 24.0 Å². The predicted molar refractivity (Wildman–Crippen MR) is 99.7 cm³/mol. The Kier molecular flexibility index (Phi) is 4.69. The Hall–Kier alpha value is -2.74. The van der Waals surface area contributed by atoms with E-state index >= 15 is 0 Å². The van der Waals surface area contributed by atoms with Crippen LogP contribution >= 0.6 is 0 Å². The lowest BCUT2D eigenvalue weighted by molar-refractivity contribution is -0.701. The third-order valence-electron chi connectivity index (χ3n) is 4.88. The lowest BCUT2D eigenvalue weighted by atomic mass is 10.1. The molecule has 124 valence electrons. The van der Waals surface area contributed by atoms with E-state index < -0.39 is 0 Å². The topological polar surface area (TPSA) is 7.76 Å². The predicted octanol–water partition coefficient (Wildman–Crippen LogP) is 3.94. The molecule has 1 aromatic carbocycles. The van der Waals surface area contributed by atoms with Gasteiger partial charge in [-0.25, -0.2) is 9.13 Å². The standard InChI is InChI=1S/C23H24N2/c1-2-6-20(7-3-1)18-24-14-10-22(11-15-24)23-12-16-25(17-13-23)19-21-8-4-5-9-21/h1-4,6-8,10-17,21H,5,9,18-19H2/q+2/t21-/m1/s1. The lowest BCUT2D eigenvalue weighted by Crippen LogP contribution is -2.35. The number of aromatic nitrogens is 2. The number of allylic oxidation sites excluding steroid dienone is 2. The molecule has 0 bridgehead atoms. The van der Waals surface area contributed by atoms with Crippen molar-refractivity contribution in [1.82, 2.24) is 0 Å². The fourth-order valence-electron chi connectivity index (χ4n) is 3.44. The summed E-state index contributed by atoms with van der Waals surface area (Å²) in [7, 11) is 0. The molecule has 2 nitrogen and oxygen atoms in total. The van der Waals surface area contributed by atoms with Crippen molar-refractivity contribution in [3.63, 3.8) is 0 Å². The molecule has 0 N–H and O–H groups in total. The zero-order valence-electron chi connectivity index (χ0n) is 14.5. The van der Waals surface area contributed by atoms with Gasteiger partial charge in [-0.15, -0.1) is 0 Å². The molecule has 0 saturated heterocycles. The molecule has 0 unspecified atom stereocenters. The van der Waals surface area contributed by atoms with Crippen LogP contribution in [0.15, 0.2) is 91.5 Å². The zero-order valence-corrected chi connectivity index (χ0v) is 14.5. The first-order valence-corrected chi connectivity index (χ1v) is 9.06. The Morgan fingerprint density at radius 2 is 1.40 bits per heavy atom. The van der Waals surface area contributed by atoms with Gasteiger partial charge in [-0.2, -0.15) is 0 Å². The van der Waals surface area contributed by atoms with Gasteiger partial charge < -0.3 is 0 Å². The number of pyridine rings is 2. The summed E-state index contributed by atoms with van der Waals surface area (Å²) in [4.78, 5) is 0. The largest absolute Gasteiger partial charge is 0.204 e. The fraction of sp³-hybridized carbons (Fsp3) is 0.217. The van der Waals surface area contributed by atoms with Crippen LogP contribution in [0.4, 0.5) is 0 Å². The van der Waals surface area contributed by atoms with E-state index in [9.17, 15) is 0 Å². The van der Waals surface area contributed by atoms with Crippen molar-refractivity contribution in [2.75, 3.05) is 0 Å². The summed E-state index contributed by atoms with van der Waals surface area (Å²) in [6, 6.07) is 19.4. The van der Waals surface area contributed by atoms with E-state index in [1.54, 1.807) is 0 Å². The van der Waals surface area contributed by atoms with Crippen LogP contribution in [-0.2, 0) is 13.1 Å². The maximum Gasteiger partial charge on any atom is 0.173 e. The molecule has 0 fully saturated rings. The molecule has 0 spiro atoms. The molecule has 2 heterocycles. The van der Waals surface area contributed by atoms with Gasteiger partial charge in [0.2, 0.25) is 0 Å². The van der Waals surface area contributed by atoms with E-state index in [4.69, 9.17) is 0 Å². The molecule has 0 amide bonds. The average molecular weight is 328 g/mol. The molecular formula is C23H24N2+2. The van der Waals surface area contributed by atoms with Crippen LogP contribution in [0.25, 0.3) is 11.1 Å². The average Bonchev–Trinajstić information content (AvgIpc) is 3.17. The Bertz CT molecular complexity index is 834. The van der Waals surface area contributed by atoms with Crippen LogP contribution in [-0.4, -0.2) is 0 Å². The first kappa shape index (κ1) is 15.8. The summed E-state index contributed by atoms with van der Waals surface area (Å²) >= 11 is 0. The normalized spacial score (nSPS) is 16.2. The van der Waals surface area contributed by atoms with Crippen molar-refractivity contribution in [2.45, 2.75) is 25.9 Å². The second-order valence-corrected chi connectivity index (χ2v) is 6.79.